The Morgan fingerprint density at radius 1 is 1.11 bits per heavy atom. The first-order valence-corrected chi connectivity index (χ1v) is 9.70. The number of sulfonamides is 1. The molecule has 0 radical (unpaired) electrons. The van der Waals surface area contributed by atoms with E-state index in [1.165, 1.54) is 30.3 Å². The van der Waals surface area contributed by atoms with Crippen LogP contribution in [0.25, 0.3) is 0 Å². The lowest BCUT2D eigenvalue weighted by Gasteiger charge is -2.10. The molecule has 0 aliphatic rings. The number of nitrogens with two attached hydrogens (primary N) is 2. The van der Waals surface area contributed by atoms with Crippen molar-refractivity contribution < 1.29 is 22.7 Å². The molecular formula is C17H18ClN3O5S. The molecule has 0 atom stereocenters. The Bertz CT molecular complexity index is 946. The van der Waals surface area contributed by atoms with Gasteiger partial charge in [-0.2, -0.15) is 0 Å². The van der Waals surface area contributed by atoms with E-state index in [1.54, 1.807) is 12.1 Å². The molecule has 2 rings (SSSR count). The van der Waals surface area contributed by atoms with Gasteiger partial charge in [0.2, 0.25) is 10.0 Å². The minimum absolute atomic E-state index is 0.0236. The van der Waals surface area contributed by atoms with Gasteiger partial charge in [0.1, 0.15) is 5.75 Å². The summed E-state index contributed by atoms with van der Waals surface area (Å²) in [7, 11) is -3.73. The molecule has 2 aromatic rings. The van der Waals surface area contributed by atoms with Crippen molar-refractivity contribution in [1.82, 2.24) is 5.32 Å². The summed E-state index contributed by atoms with van der Waals surface area (Å²) < 4.78 is 27.7. The van der Waals surface area contributed by atoms with Gasteiger partial charge in [-0.1, -0.05) is 23.7 Å². The van der Waals surface area contributed by atoms with Crippen molar-refractivity contribution in [3.8, 4) is 5.75 Å². The zero-order valence-electron chi connectivity index (χ0n) is 14.1. The second kappa shape index (κ2) is 8.85. The molecule has 2 amide bonds. The fourth-order valence-corrected chi connectivity index (χ4v) is 2.88. The minimum atomic E-state index is -3.73. The van der Waals surface area contributed by atoms with Gasteiger partial charge in [0.05, 0.1) is 10.5 Å². The number of carbonyl (C=O) groups excluding carboxylic acids is 2. The number of carbonyl (C=O) groups is 2. The maximum Gasteiger partial charge on any atom is 0.257 e. The van der Waals surface area contributed by atoms with Gasteiger partial charge in [0.15, 0.2) is 6.61 Å². The molecule has 0 heterocycles. The van der Waals surface area contributed by atoms with Crippen LogP contribution < -0.4 is 20.9 Å². The zero-order valence-corrected chi connectivity index (χ0v) is 15.7. The summed E-state index contributed by atoms with van der Waals surface area (Å²) in [6, 6.07) is 10.4. The van der Waals surface area contributed by atoms with Crippen molar-refractivity contribution in [3.63, 3.8) is 0 Å². The van der Waals surface area contributed by atoms with Crippen LogP contribution in [-0.2, 0) is 21.2 Å². The lowest BCUT2D eigenvalue weighted by molar-refractivity contribution is -0.123. The third-order valence-corrected chi connectivity index (χ3v) is 4.72. The Morgan fingerprint density at radius 3 is 2.37 bits per heavy atom. The molecule has 0 spiro atoms. The number of rotatable bonds is 8. The van der Waals surface area contributed by atoms with E-state index >= 15 is 0 Å². The van der Waals surface area contributed by atoms with Crippen molar-refractivity contribution >= 4 is 33.4 Å². The minimum Gasteiger partial charge on any atom is -0.483 e. The van der Waals surface area contributed by atoms with E-state index in [2.05, 4.69) is 5.32 Å². The Morgan fingerprint density at radius 2 is 1.78 bits per heavy atom. The summed E-state index contributed by atoms with van der Waals surface area (Å²) in [5.74, 6) is -0.958. The highest BCUT2D eigenvalue weighted by Gasteiger charge is 2.12. The molecule has 0 saturated carbocycles. The van der Waals surface area contributed by atoms with Gasteiger partial charge in [-0.25, -0.2) is 13.6 Å². The van der Waals surface area contributed by atoms with E-state index in [-0.39, 0.29) is 22.8 Å². The van der Waals surface area contributed by atoms with Crippen LogP contribution in [0, 0.1) is 0 Å². The average molecular weight is 412 g/mol. The number of primary amides is 1. The summed E-state index contributed by atoms with van der Waals surface area (Å²) >= 11 is 5.85. The van der Waals surface area contributed by atoms with E-state index in [4.69, 9.17) is 27.2 Å². The number of benzene rings is 2. The number of halogens is 1. The maximum atomic E-state index is 11.9. The molecule has 0 unspecified atom stereocenters. The third kappa shape index (κ3) is 6.24. The number of ether oxygens (including phenoxy) is 1. The van der Waals surface area contributed by atoms with E-state index in [9.17, 15) is 18.0 Å². The van der Waals surface area contributed by atoms with Crippen LogP contribution in [0.5, 0.6) is 5.75 Å². The molecule has 5 N–H and O–H groups in total. The summed E-state index contributed by atoms with van der Waals surface area (Å²) in [6.45, 7) is 0.000114. The Balaban J connectivity index is 1.83. The molecule has 0 aliphatic carbocycles. The molecule has 0 saturated heterocycles. The van der Waals surface area contributed by atoms with E-state index < -0.39 is 21.8 Å². The first-order valence-electron chi connectivity index (χ1n) is 7.77. The van der Waals surface area contributed by atoms with Crippen molar-refractivity contribution in [1.29, 1.82) is 0 Å². The highest BCUT2D eigenvalue weighted by atomic mass is 35.5. The second-order valence-corrected chi connectivity index (χ2v) is 7.58. The lowest BCUT2D eigenvalue weighted by atomic mass is 10.1. The summed E-state index contributed by atoms with van der Waals surface area (Å²) in [4.78, 5) is 23.2. The Labute approximate surface area is 161 Å². The van der Waals surface area contributed by atoms with Crippen LogP contribution in [0.3, 0.4) is 0 Å². The molecule has 0 bridgehead atoms. The Hall–Kier alpha value is -2.62. The standard InChI is InChI=1S/C17H18ClN3O5S/c18-12-3-6-14(17(19)23)15(9-12)26-10-16(22)21-8-7-11-1-4-13(5-2-11)27(20,24)25/h1-6,9H,7-8,10H2,(H2,19,23)(H,21,22)(H2,20,24,25). The van der Waals surface area contributed by atoms with Crippen molar-refractivity contribution in [2.24, 2.45) is 10.9 Å². The summed E-state index contributed by atoms with van der Waals surface area (Å²) in [5, 5.41) is 8.03. The molecule has 10 heteroatoms. The van der Waals surface area contributed by atoms with Crippen LogP contribution in [0.1, 0.15) is 15.9 Å². The molecule has 27 heavy (non-hydrogen) atoms. The topological polar surface area (TPSA) is 142 Å². The van der Waals surface area contributed by atoms with Crippen molar-refractivity contribution in [2.75, 3.05) is 13.2 Å². The van der Waals surface area contributed by atoms with Gasteiger partial charge in [-0.05, 0) is 42.3 Å². The van der Waals surface area contributed by atoms with E-state index in [0.717, 1.165) is 5.56 Å². The van der Waals surface area contributed by atoms with Crippen LogP contribution >= 0.6 is 11.6 Å². The van der Waals surface area contributed by atoms with Crippen molar-refractivity contribution in [2.45, 2.75) is 11.3 Å². The number of primary sulfonamides is 1. The SMILES string of the molecule is NC(=O)c1ccc(Cl)cc1OCC(=O)NCCc1ccc(S(N)(=O)=O)cc1. The predicted molar refractivity (Wildman–Crippen MR) is 100.0 cm³/mol. The highest BCUT2D eigenvalue weighted by Crippen LogP contribution is 2.23. The van der Waals surface area contributed by atoms with Gasteiger partial charge in [-0.3, -0.25) is 9.59 Å². The molecule has 2 aromatic carbocycles. The number of amides is 2. The van der Waals surface area contributed by atoms with Crippen molar-refractivity contribution in [3.05, 3.63) is 58.6 Å². The fraction of sp³-hybridized carbons (Fsp3) is 0.176. The summed E-state index contributed by atoms with van der Waals surface area (Å²) in [6.07, 6.45) is 0.486. The quantitative estimate of drug-likeness (QED) is 0.589. The van der Waals surface area contributed by atoms with Crippen LogP contribution in [0.2, 0.25) is 5.02 Å². The average Bonchev–Trinajstić information content (AvgIpc) is 2.59. The zero-order chi connectivity index (χ0) is 20.0. The third-order valence-electron chi connectivity index (χ3n) is 3.56. The van der Waals surface area contributed by atoms with Crippen LogP contribution in [-0.4, -0.2) is 33.4 Å². The lowest BCUT2D eigenvalue weighted by Crippen LogP contribution is -2.31. The van der Waals surface area contributed by atoms with Gasteiger partial charge >= 0.3 is 0 Å². The van der Waals surface area contributed by atoms with E-state index in [0.29, 0.717) is 18.0 Å². The second-order valence-electron chi connectivity index (χ2n) is 5.58. The van der Waals surface area contributed by atoms with Crippen LogP contribution in [0.15, 0.2) is 47.4 Å². The number of hydrogen-bond acceptors (Lipinski definition) is 5. The fourth-order valence-electron chi connectivity index (χ4n) is 2.21. The molecule has 8 nitrogen and oxygen atoms in total. The number of hydrogen-bond donors (Lipinski definition) is 3. The normalized spacial score (nSPS) is 11.0. The highest BCUT2D eigenvalue weighted by molar-refractivity contribution is 7.89. The molecule has 0 fully saturated rings. The molecule has 0 aliphatic heterocycles. The summed E-state index contributed by atoms with van der Waals surface area (Å²) in [5.41, 5.74) is 6.20. The van der Waals surface area contributed by atoms with E-state index in [1.807, 2.05) is 0 Å². The predicted octanol–water partition coefficient (Wildman–Crippen LogP) is 0.824. The molecule has 0 aromatic heterocycles. The Kier molecular flexibility index (Phi) is 6.78. The first-order chi connectivity index (χ1) is 12.7. The molecule has 144 valence electrons. The van der Waals surface area contributed by atoms with Gasteiger partial charge in [0.25, 0.3) is 11.8 Å². The monoisotopic (exact) mass is 411 g/mol. The van der Waals surface area contributed by atoms with Gasteiger partial charge < -0.3 is 15.8 Å². The number of nitrogens with one attached hydrogen (secondary N) is 1. The first kappa shape index (κ1) is 20.7. The van der Waals surface area contributed by atoms with Gasteiger partial charge in [0, 0.05) is 11.6 Å². The molecular weight excluding hydrogens is 394 g/mol. The van der Waals surface area contributed by atoms with Crippen LogP contribution in [0.4, 0.5) is 0 Å². The van der Waals surface area contributed by atoms with Gasteiger partial charge in [-0.15, -0.1) is 0 Å². The smallest absolute Gasteiger partial charge is 0.257 e. The maximum absolute atomic E-state index is 11.9. The largest absolute Gasteiger partial charge is 0.483 e.